The van der Waals surface area contributed by atoms with E-state index in [9.17, 15) is 0 Å². The van der Waals surface area contributed by atoms with Gasteiger partial charge < -0.3 is 13.7 Å². The van der Waals surface area contributed by atoms with Gasteiger partial charge in [0.15, 0.2) is 11.6 Å². The largest absolute Gasteiger partial charge is 0.306 e. The highest BCUT2D eigenvalue weighted by Gasteiger charge is 2.33. The number of pyridine rings is 1. The zero-order chi connectivity index (χ0) is 63.1. The summed E-state index contributed by atoms with van der Waals surface area (Å²) in [4.78, 5) is 28.1. The van der Waals surface area contributed by atoms with E-state index in [1.807, 2.05) is 18.2 Å². The number of benzene rings is 12. The lowest BCUT2D eigenvalue weighted by Crippen LogP contribution is -2.13. The molecule has 0 radical (unpaired) electrons. The van der Waals surface area contributed by atoms with E-state index in [1.54, 1.807) is 0 Å². The van der Waals surface area contributed by atoms with Crippen LogP contribution in [0.2, 0.25) is 0 Å². The topological polar surface area (TPSA) is 79.2 Å². The van der Waals surface area contributed by atoms with E-state index in [0.29, 0.717) is 11.6 Å². The zero-order valence-electron chi connectivity index (χ0n) is 52.1. The summed E-state index contributed by atoms with van der Waals surface area (Å²) in [5, 5.41) is 6.71. The van der Waals surface area contributed by atoms with E-state index >= 15 is 0 Å². The van der Waals surface area contributed by atoms with Gasteiger partial charge >= 0.3 is 0 Å². The zero-order valence-corrected chi connectivity index (χ0v) is 52.1. The van der Waals surface area contributed by atoms with Gasteiger partial charge in [-0.05, 0) is 92.7 Å². The van der Waals surface area contributed by atoms with Crippen molar-refractivity contribution >= 4 is 65.4 Å². The maximum absolute atomic E-state index is 5.86. The van der Waals surface area contributed by atoms with Crippen molar-refractivity contribution in [3.63, 3.8) is 0 Å². The first-order valence-corrected chi connectivity index (χ1v) is 32.2. The van der Waals surface area contributed by atoms with E-state index in [2.05, 4.69) is 325 Å². The molecule has 0 N–H and O–H groups in total. The Morgan fingerprint density at radius 2 is 0.547 bits per heavy atom. The summed E-state index contributed by atoms with van der Waals surface area (Å²) >= 11 is 0. The molecule has 0 saturated heterocycles. The molecule has 0 aliphatic carbocycles. The summed E-state index contributed by atoms with van der Waals surface area (Å²) in [5.74, 6) is 1.20. The Labute approximate surface area is 548 Å². The third-order valence-corrected chi connectivity index (χ3v) is 18.6. The van der Waals surface area contributed by atoms with Crippen LogP contribution >= 0.6 is 0 Å². The van der Waals surface area contributed by atoms with Crippen LogP contribution < -0.4 is 0 Å². The van der Waals surface area contributed by atoms with Gasteiger partial charge in [0.2, 0.25) is 0 Å². The van der Waals surface area contributed by atoms with Crippen LogP contribution in [0.3, 0.4) is 0 Å². The molecule has 8 nitrogen and oxygen atoms in total. The first-order chi connectivity index (χ1) is 46.9. The maximum Gasteiger partial charge on any atom is 0.160 e. The molecule has 0 fully saturated rings. The number of hydrogen-bond donors (Lipinski definition) is 0. The SMILES string of the molecule is Cc1ccc2c(c1)c1ccccc1n2-c1c(-c2cc(-c3ccccc3)nc(-c3ccccc3)n2)cc(-c2cc(-c3ccccc3)nc(-c3ccccc3)n2)c(-n2c3ccccc3c3cc(C)ccc32)c1-n1c2ccccc2c2ccc(-c3cccc(-c4ccccc4)n3)cc21. The van der Waals surface area contributed by atoms with Crippen molar-refractivity contribution in [1.29, 1.82) is 0 Å². The highest BCUT2D eigenvalue weighted by atomic mass is 15.1. The smallest absolute Gasteiger partial charge is 0.160 e. The second-order valence-electron chi connectivity index (χ2n) is 24.5. The van der Waals surface area contributed by atoms with Crippen molar-refractivity contribution in [3.05, 3.63) is 327 Å². The number of fused-ring (bicyclic) bond motifs is 9. The average Bonchev–Trinajstić information content (AvgIpc) is 1.63. The number of aryl methyl sites for hydroxylation is 2. The Balaban J connectivity index is 1.11. The Morgan fingerprint density at radius 1 is 0.200 bits per heavy atom. The molecule has 0 aliphatic heterocycles. The number of nitrogens with zero attached hydrogens (tertiary/aromatic N) is 8. The molecule has 6 heterocycles. The molecule has 446 valence electrons. The van der Waals surface area contributed by atoms with Crippen molar-refractivity contribution in [2.75, 3.05) is 0 Å². The number of para-hydroxylation sites is 3. The molecule has 0 aliphatic rings. The van der Waals surface area contributed by atoms with E-state index in [4.69, 9.17) is 24.9 Å². The van der Waals surface area contributed by atoms with Gasteiger partial charge in [-0.3, -0.25) is 0 Å². The van der Waals surface area contributed by atoms with Crippen molar-refractivity contribution in [2.45, 2.75) is 13.8 Å². The summed E-state index contributed by atoms with van der Waals surface area (Å²) in [6, 6.07) is 113. The minimum absolute atomic E-state index is 0.599. The summed E-state index contributed by atoms with van der Waals surface area (Å²) in [7, 11) is 0. The van der Waals surface area contributed by atoms with Crippen molar-refractivity contribution in [2.24, 2.45) is 0 Å². The molecule has 6 aromatic heterocycles. The average molecular weight is 1220 g/mol. The second kappa shape index (κ2) is 22.6. The van der Waals surface area contributed by atoms with Gasteiger partial charge in [0, 0.05) is 76.8 Å². The highest BCUT2D eigenvalue weighted by Crippen LogP contribution is 2.51. The summed E-state index contributed by atoms with van der Waals surface area (Å²) in [6.07, 6.45) is 0. The van der Waals surface area contributed by atoms with Crippen molar-refractivity contribution in [1.82, 2.24) is 38.6 Å². The Morgan fingerprint density at radius 3 is 1.00 bits per heavy atom. The molecule has 18 aromatic rings. The fraction of sp³-hybridized carbons (Fsp3) is 0.0230. The fourth-order valence-corrected chi connectivity index (χ4v) is 14.2. The second-order valence-corrected chi connectivity index (χ2v) is 24.5. The van der Waals surface area contributed by atoms with E-state index in [-0.39, 0.29) is 0 Å². The third-order valence-electron chi connectivity index (χ3n) is 18.6. The highest BCUT2D eigenvalue weighted by molar-refractivity contribution is 6.16. The van der Waals surface area contributed by atoms with Crippen LogP contribution in [0.1, 0.15) is 11.1 Å². The molecule has 12 aromatic carbocycles. The minimum Gasteiger partial charge on any atom is -0.306 e. The lowest BCUT2D eigenvalue weighted by molar-refractivity contribution is 1.05. The molecule has 0 bridgehead atoms. The van der Waals surface area contributed by atoms with Gasteiger partial charge in [0.05, 0.1) is 84.3 Å². The van der Waals surface area contributed by atoms with Crippen molar-refractivity contribution in [3.8, 4) is 107 Å². The molecule has 0 atom stereocenters. The van der Waals surface area contributed by atoms with Crippen LogP contribution in [0.25, 0.3) is 173 Å². The molecule has 0 spiro atoms. The standard InChI is InChI=1S/C87H58N8/c1-55-43-47-80-67(49-55)64-36-19-22-41-78(64)93(80)83-69(75-53-73(58-27-10-4-11-28-58)89-86(91-75)60-31-14-6-15-32-60)52-70(76-54-74(59-29-12-5-13-30-59)90-87(92-76)61-33-16-7-17-34-61)84(94-79-42-23-20-37-65(79)68-50-56(2)44-48-81(68)94)85(83)95-77-40-21-18-35-63(77)66-46-45-62(51-82(66)95)72-39-24-38-71(88-72)57-25-8-3-9-26-57/h3-54H,1-2H3. The lowest BCUT2D eigenvalue weighted by atomic mass is 9.95. The van der Waals surface area contributed by atoms with E-state index < -0.39 is 0 Å². The van der Waals surface area contributed by atoms with Crippen LogP contribution in [0.15, 0.2) is 315 Å². The first kappa shape index (κ1) is 55.2. The van der Waals surface area contributed by atoms with Crippen LogP contribution in [-0.4, -0.2) is 38.6 Å². The molecule has 0 unspecified atom stereocenters. The lowest BCUT2D eigenvalue weighted by Gasteiger charge is -2.27. The normalized spacial score (nSPS) is 11.7. The molecule has 0 amide bonds. The molecular weight excluding hydrogens is 1160 g/mol. The Hall–Kier alpha value is -12.7. The predicted molar refractivity (Wildman–Crippen MR) is 391 cm³/mol. The van der Waals surface area contributed by atoms with Crippen LogP contribution in [0, 0.1) is 13.8 Å². The minimum atomic E-state index is 0.599. The van der Waals surface area contributed by atoms with Crippen LogP contribution in [0.5, 0.6) is 0 Å². The summed E-state index contributed by atoms with van der Waals surface area (Å²) in [6.45, 7) is 4.37. The molecule has 0 saturated carbocycles. The van der Waals surface area contributed by atoms with Crippen molar-refractivity contribution < 1.29 is 0 Å². The molecule has 18 rings (SSSR count). The van der Waals surface area contributed by atoms with Gasteiger partial charge in [-0.25, -0.2) is 24.9 Å². The molecule has 95 heavy (non-hydrogen) atoms. The summed E-state index contributed by atoms with van der Waals surface area (Å²) < 4.78 is 7.59. The van der Waals surface area contributed by atoms with Gasteiger partial charge in [0.25, 0.3) is 0 Å². The van der Waals surface area contributed by atoms with Gasteiger partial charge in [0.1, 0.15) is 0 Å². The quantitative estimate of drug-likeness (QED) is 0.129. The number of rotatable bonds is 11. The molecular formula is C87H58N8. The van der Waals surface area contributed by atoms with Gasteiger partial charge in [-0.15, -0.1) is 0 Å². The monoisotopic (exact) mass is 1210 g/mol. The van der Waals surface area contributed by atoms with Gasteiger partial charge in [-0.2, -0.15) is 0 Å². The van der Waals surface area contributed by atoms with Gasteiger partial charge in [-0.1, -0.05) is 248 Å². The third kappa shape index (κ3) is 9.41. The molecule has 8 heteroatoms. The maximum atomic E-state index is 5.86. The Kier molecular flexibility index (Phi) is 13.2. The van der Waals surface area contributed by atoms with Crippen LogP contribution in [-0.2, 0) is 0 Å². The predicted octanol–water partition coefficient (Wildman–Crippen LogP) is 21.9. The summed E-state index contributed by atoms with van der Waals surface area (Å²) in [5.41, 5.74) is 23.5. The Bertz CT molecular complexity index is 5650. The number of hydrogen-bond acceptors (Lipinski definition) is 5. The number of aromatic nitrogens is 8. The van der Waals surface area contributed by atoms with E-state index in [1.165, 1.54) is 11.1 Å². The van der Waals surface area contributed by atoms with E-state index in [0.717, 1.165) is 161 Å². The van der Waals surface area contributed by atoms with Crippen LogP contribution in [0.4, 0.5) is 0 Å². The fourth-order valence-electron chi connectivity index (χ4n) is 14.2. The first-order valence-electron chi connectivity index (χ1n) is 32.2.